The Morgan fingerprint density at radius 3 is 1.21 bits per heavy atom. The third-order valence-electron chi connectivity index (χ3n) is 16.4. The number of fused-ring (bicyclic) bond motifs is 8. The van der Waals surface area contributed by atoms with Crippen LogP contribution in [0.25, 0.3) is 97.0 Å². The first kappa shape index (κ1) is 64.2. The fourth-order valence-corrected chi connectivity index (χ4v) is 11.7. The Labute approximate surface area is 536 Å². The number of aromatic amines is 2. The highest BCUT2D eigenvalue weighted by Crippen LogP contribution is 2.45. The van der Waals surface area contributed by atoms with Crippen LogP contribution in [0.4, 0.5) is 0 Å². The summed E-state index contributed by atoms with van der Waals surface area (Å²) < 4.78 is 27.2. The highest BCUT2D eigenvalue weighted by molar-refractivity contribution is 6.03. The maximum absolute atomic E-state index is 11.8. The molecule has 0 aliphatic carbocycles. The molecule has 3 aromatic heterocycles. The summed E-state index contributed by atoms with van der Waals surface area (Å²) in [5, 5.41) is 19.2. The second-order valence-electron chi connectivity index (χ2n) is 23.2. The van der Waals surface area contributed by atoms with E-state index in [4.69, 9.17) is 28.9 Å². The van der Waals surface area contributed by atoms with Crippen molar-refractivity contribution in [2.45, 2.75) is 130 Å². The summed E-state index contributed by atoms with van der Waals surface area (Å²) in [7, 11) is 0. The van der Waals surface area contributed by atoms with Gasteiger partial charge in [-0.25, -0.2) is 14.8 Å². The van der Waals surface area contributed by atoms with Crippen LogP contribution in [-0.2, 0) is 4.79 Å². The molecule has 0 saturated carbocycles. The molecule has 0 unspecified atom stereocenters. The number of aliphatic carboxylic acids is 1. The molecule has 0 saturated heterocycles. The number of carboxylic acids is 1. The molecule has 3 N–H and O–H groups in total. The zero-order valence-corrected chi connectivity index (χ0v) is 53.1. The van der Waals surface area contributed by atoms with Gasteiger partial charge in [-0.05, 0) is 116 Å². The topological polar surface area (TPSA) is 155 Å². The number of benzene rings is 5. The van der Waals surface area contributed by atoms with Crippen LogP contribution in [-0.4, -0.2) is 57.4 Å². The minimum atomic E-state index is -1.29. The molecule has 0 amide bonds. The highest BCUT2D eigenvalue weighted by Gasteiger charge is 2.25. The normalized spacial score (nSPS) is 11.7. The Bertz CT molecular complexity index is 4200. The van der Waals surface area contributed by atoms with Gasteiger partial charge in [-0.2, -0.15) is 5.26 Å². The second kappa shape index (κ2) is 32.6. The zero-order valence-electron chi connectivity index (χ0n) is 53.1. The molecule has 0 spiro atoms. The van der Waals surface area contributed by atoms with Gasteiger partial charge in [0.1, 0.15) is 34.6 Å². The van der Waals surface area contributed by atoms with Crippen LogP contribution in [0.3, 0.4) is 0 Å². The number of nitrogens with zero attached hydrogens (tertiary/aromatic N) is 3. The molecule has 2 aliphatic rings. The number of nitriles is 1. The second-order valence-corrected chi connectivity index (χ2v) is 23.2. The third-order valence-corrected chi connectivity index (χ3v) is 16.4. The van der Waals surface area contributed by atoms with E-state index in [9.17, 15) is 15.2 Å². The summed E-state index contributed by atoms with van der Waals surface area (Å²) in [5.41, 5.74) is 14.4. The molecule has 11 heteroatoms. The Kier molecular flexibility index (Phi) is 23.0. The van der Waals surface area contributed by atoms with E-state index in [2.05, 4.69) is 141 Å². The Balaban J connectivity index is 1.34. The highest BCUT2D eigenvalue weighted by atomic mass is 16.5. The van der Waals surface area contributed by atoms with Crippen molar-refractivity contribution >= 4 is 58.4 Å². The van der Waals surface area contributed by atoms with E-state index in [0.717, 1.165) is 192 Å². The van der Waals surface area contributed by atoms with Crippen molar-refractivity contribution in [3.63, 3.8) is 0 Å². The van der Waals surface area contributed by atoms with E-state index >= 15 is 0 Å². The number of ether oxygens (including phenoxy) is 4. The SMILES string of the molecule is CCCCCCOc1ccccc1-c1c2nc(c(-c3ccccc3OCCCCCC)c3cc(C#Cc4ccc(/C=C(/C#N)C(=O)O)cc4)c([nH]3)c(-c3ccccc3OCCCCCC)c3nc(c(-c4ccccc4OCCCCCC)c4ccc1[nH]4)C=C3)C=C2. The van der Waals surface area contributed by atoms with E-state index < -0.39 is 5.97 Å². The lowest BCUT2D eigenvalue weighted by atomic mass is 10.0. The van der Waals surface area contributed by atoms with Crippen LogP contribution in [0.2, 0.25) is 0 Å². The smallest absolute Gasteiger partial charge is 0.346 e. The minimum Gasteiger partial charge on any atom is -0.493 e. The van der Waals surface area contributed by atoms with Crippen LogP contribution < -0.4 is 18.9 Å². The van der Waals surface area contributed by atoms with Gasteiger partial charge in [-0.15, -0.1) is 0 Å². The number of rotatable bonds is 30. The summed E-state index contributed by atoms with van der Waals surface area (Å²) in [5.74, 6) is 8.79. The summed E-state index contributed by atoms with van der Waals surface area (Å²) in [6.07, 6.45) is 26.8. The van der Waals surface area contributed by atoms with Gasteiger partial charge in [0, 0.05) is 61.1 Å². The lowest BCUT2D eigenvalue weighted by Gasteiger charge is -2.14. The van der Waals surface area contributed by atoms with Crippen molar-refractivity contribution in [1.82, 2.24) is 19.9 Å². The predicted octanol–water partition coefficient (Wildman–Crippen LogP) is 20.6. The number of carbonyl (C=O) groups is 1. The predicted molar refractivity (Wildman–Crippen MR) is 373 cm³/mol. The summed E-state index contributed by atoms with van der Waals surface area (Å²) >= 11 is 0. The summed E-state index contributed by atoms with van der Waals surface area (Å²) in [4.78, 5) is 31.3. The van der Waals surface area contributed by atoms with Crippen molar-refractivity contribution in [1.29, 1.82) is 5.26 Å². The molecule has 91 heavy (non-hydrogen) atoms. The van der Waals surface area contributed by atoms with E-state index in [-0.39, 0.29) is 5.57 Å². The molecule has 0 radical (unpaired) electrons. The molecular weight excluding hydrogens is 1130 g/mol. The fourth-order valence-electron chi connectivity index (χ4n) is 11.7. The summed E-state index contributed by atoms with van der Waals surface area (Å²) in [6.45, 7) is 11.1. The number of para-hydroxylation sites is 4. The maximum atomic E-state index is 11.8. The van der Waals surface area contributed by atoms with Crippen molar-refractivity contribution < 1.29 is 28.8 Å². The van der Waals surface area contributed by atoms with Gasteiger partial charge in [0.15, 0.2) is 0 Å². The van der Waals surface area contributed by atoms with E-state index in [0.29, 0.717) is 65.8 Å². The van der Waals surface area contributed by atoms with Crippen molar-refractivity contribution in [2.24, 2.45) is 0 Å². The van der Waals surface area contributed by atoms with Crippen LogP contribution in [0, 0.1) is 23.2 Å². The number of carboxylic acid groups (broad SMARTS) is 1. The zero-order chi connectivity index (χ0) is 63.2. The Morgan fingerprint density at radius 1 is 0.451 bits per heavy atom. The van der Waals surface area contributed by atoms with Crippen molar-refractivity contribution in [2.75, 3.05) is 26.4 Å². The Morgan fingerprint density at radius 2 is 0.824 bits per heavy atom. The van der Waals surface area contributed by atoms with E-state index in [1.165, 1.54) is 6.08 Å². The van der Waals surface area contributed by atoms with Crippen LogP contribution in [0.5, 0.6) is 23.0 Å². The van der Waals surface area contributed by atoms with Gasteiger partial charge >= 0.3 is 5.97 Å². The largest absolute Gasteiger partial charge is 0.493 e. The van der Waals surface area contributed by atoms with E-state index in [1.54, 1.807) is 18.2 Å². The van der Waals surface area contributed by atoms with E-state index in [1.807, 2.05) is 60.7 Å². The molecule has 11 nitrogen and oxygen atoms in total. The molecule has 0 atom stereocenters. The van der Waals surface area contributed by atoms with Crippen LogP contribution >= 0.6 is 0 Å². The lowest BCUT2D eigenvalue weighted by molar-refractivity contribution is -0.132. The first-order valence-electron chi connectivity index (χ1n) is 32.9. The van der Waals surface area contributed by atoms with Gasteiger partial charge < -0.3 is 34.0 Å². The maximum Gasteiger partial charge on any atom is 0.346 e. The molecule has 5 aromatic carbocycles. The number of hydrogen-bond donors (Lipinski definition) is 3. The quantitative estimate of drug-likeness (QED) is 0.0173. The van der Waals surface area contributed by atoms with Gasteiger partial charge in [0.05, 0.1) is 65.8 Å². The minimum absolute atomic E-state index is 0.358. The van der Waals surface area contributed by atoms with Crippen molar-refractivity contribution in [3.05, 3.63) is 185 Å². The average Bonchev–Trinajstić information content (AvgIpc) is 2.88. The number of H-pyrrole nitrogens is 2. The molecule has 10 rings (SSSR count). The van der Waals surface area contributed by atoms with Gasteiger partial charge in [-0.1, -0.05) is 202 Å². The molecule has 464 valence electrons. The molecule has 8 bridgehead atoms. The number of unbranched alkanes of at least 4 members (excludes halogenated alkanes) is 12. The molecule has 5 heterocycles. The average molecular weight is 1210 g/mol. The summed E-state index contributed by atoms with van der Waals surface area (Å²) in [6, 6.07) is 48.4. The first-order valence-corrected chi connectivity index (χ1v) is 32.9. The first-order chi connectivity index (χ1) is 44.8. The Hall–Kier alpha value is -9.84. The van der Waals surface area contributed by atoms with Crippen molar-refractivity contribution in [3.8, 4) is 85.4 Å². The molecule has 8 aromatic rings. The van der Waals surface area contributed by atoms with Gasteiger partial charge in [0.2, 0.25) is 0 Å². The monoisotopic (exact) mass is 1210 g/mol. The van der Waals surface area contributed by atoms with Gasteiger partial charge in [-0.3, -0.25) is 0 Å². The van der Waals surface area contributed by atoms with Crippen LogP contribution in [0.1, 0.15) is 170 Å². The third kappa shape index (κ3) is 16.1. The van der Waals surface area contributed by atoms with Gasteiger partial charge in [0.25, 0.3) is 0 Å². The fraction of sp³-hybridized carbons (Fsp3) is 0.300. The number of hydrogen-bond acceptors (Lipinski definition) is 8. The lowest BCUT2D eigenvalue weighted by Crippen LogP contribution is -2.00. The number of aromatic nitrogens is 4. The standard InChI is InChI=1S/C80H83N5O6/c1-5-9-13-25-49-88-71-33-21-17-29-60(71)75-64-43-44-65(82-64)76(61-30-18-22-34-72(61)89-50-26-14-10-6-2)67-47-48-69(84-67)78(63-32-20-24-36-74(63)91-52-28-16-12-8-4)79-58(42-41-56-37-39-57(40-38-56)53-59(55-81)80(86)87)54-70(85-79)77(68-46-45-66(75)83-68)62-31-19-23-35-73(62)90-51-27-15-11-7-3/h17-24,29-40,43-48,53-54,82,85H,5-16,25-28,49-52H2,1-4H3,(H,86,87)/b59-53-,75-64?,75-66?,76-65?,76-67?,77-68?,77-70?,78-69?,79-78?. The number of nitrogens with one attached hydrogen (secondary N) is 2. The van der Waals surface area contributed by atoms with Crippen LogP contribution in [0.15, 0.2) is 145 Å². The molecule has 2 aliphatic heterocycles. The molecule has 0 fully saturated rings. The molecular formula is C80H83N5O6.